The molecular formula is C24H29N5O5S2. The van der Waals surface area contributed by atoms with Crippen LogP contribution in [0.5, 0.6) is 0 Å². The molecule has 3 aliphatic rings. The summed E-state index contributed by atoms with van der Waals surface area (Å²) < 4.78 is 25.6. The average Bonchev–Trinajstić information content (AvgIpc) is 3.60. The number of carbonyl (C=O) groups excluding carboxylic acids is 2. The Hall–Kier alpha value is -2.67. The van der Waals surface area contributed by atoms with Crippen LogP contribution in [0.25, 0.3) is 10.4 Å². The molecule has 2 saturated heterocycles. The minimum Gasteiger partial charge on any atom is -0.391 e. The van der Waals surface area contributed by atoms with Crippen LogP contribution in [0.2, 0.25) is 0 Å². The fourth-order valence-electron chi connectivity index (χ4n) is 5.34. The number of carbonyl (C=O) groups is 2. The second-order valence-electron chi connectivity index (χ2n) is 9.82. The van der Waals surface area contributed by atoms with E-state index in [0.29, 0.717) is 25.2 Å². The Labute approximate surface area is 214 Å². The van der Waals surface area contributed by atoms with Gasteiger partial charge in [0.15, 0.2) is 0 Å². The van der Waals surface area contributed by atoms with Crippen molar-refractivity contribution in [2.45, 2.75) is 56.8 Å². The summed E-state index contributed by atoms with van der Waals surface area (Å²) in [6.45, 7) is 4.06. The fourth-order valence-corrected chi connectivity index (χ4v) is 7.27. The third-order valence-corrected chi connectivity index (χ3v) is 9.56. The number of aromatic nitrogens is 1. The number of aliphatic hydroxyl groups excluding tert-OH is 1. The molecule has 192 valence electrons. The number of aliphatic hydroxyl groups is 1. The Balaban J connectivity index is 1.37. The van der Waals surface area contributed by atoms with Gasteiger partial charge < -0.3 is 15.3 Å². The van der Waals surface area contributed by atoms with Gasteiger partial charge in [0.25, 0.3) is 5.91 Å². The third-order valence-electron chi connectivity index (χ3n) is 7.29. The van der Waals surface area contributed by atoms with Gasteiger partial charge in [0.05, 0.1) is 34.5 Å². The van der Waals surface area contributed by atoms with Crippen LogP contribution in [0.3, 0.4) is 0 Å². The molecule has 1 aromatic heterocycles. The van der Waals surface area contributed by atoms with Crippen LogP contribution in [0.1, 0.15) is 37.4 Å². The molecule has 2 N–H and O–H groups in total. The summed E-state index contributed by atoms with van der Waals surface area (Å²) in [7, 11) is -3.54. The van der Waals surface area contributed by atoms with Crippen molar-refractivity contribution in [2.75, 3.05) is 19.3 Å². The highest BCUT2D eigenvalue weighted by Gasteiger charge is 2.49. The number of thiazole rings is 1. The molecule has 36 heavy (non-hydrogen) atoms. The zero-order valence-corrected chi connectivity index (χ0v) is 22.0. The Morgan fingerprint density at radius 2 is 2.00 bits per heavy atom. The number of rotatable bonds is 5. The number of benzene rings is 1. The summed E-state index contributed by atoms with van der Waals surface area (Å²) >= 11 is 1.55. The van der Waals surface area contributed by atoms with E-state index in [1.165, 1.54) is 9.21 Å². The van der Waals surface area contributed by atoms with Crippen molar-refractivity contribution in [1.82, 2.24) is 19.5 Å². The number of nitrogens with one attached hydrogen (secondary N) is 1. The molecule has 2 aromatic rings. The molecule has 5 rings (SSSR count). The van der Waals surface area contributed by atoms with Crippen molar-refractivity contribution in [1.29, 1.82) is 0 Å². The molecule has 10 nitrogen and oxygen atoms in total. The van der Waals surface area contributed by atoms with E-state index in [2.05, 4.69) is 15.3 Å². The number of nitrogens with zero attached hydrogens (tertiary/aromatic N) is 4. The van der Waals surface area contributed by atoms with Gasteiger partial charge in [-0.2, -0.15) is 9.30 Å². The first-order chi connectivity index (χ1) is 17.0. The summed E-state index contributed by atoms with van der Waals surface area (Å²) in [6.07, 6.45) is 1.55. The minimum atomic E-state index is -3.54. The molecule has 0 unspecified atom stereocenters. The van der Waals surface area contributed by atoms with Crippen LogP contribution in [-0.2, 0) is 25.2 Å². The second kappa shape index (κ2) is 9.02. The molecule has 4 heterocycles. The Morgan fingerprint density at radius 3 is 2.64 bits per heavy atom. The summed E-state index contributed by atoms with van der Waals surface area (Å²) in [5.74, 6) is -0.431. The first-order valence-electron chi connectivity index (χ1n) is 11.9. The van der Waals surface area contributed by atoms with Crippen LogP contribution < -0.4 is 5.32 Å². The highest BCUT2D eigenvalue weighted by atomic mass is 32.2. The number of amidine groups is 1. The molecule has 0 bridgehead atoms. The van der Waals surface area contributed by atoms with Crippen molar-refractivity contribution in [2.24, 2.45) is 4.99 Å². The van der Waals surface area contributed by atoms with Crippen molar-refractivity contribution in [3.05, 3.63) is 41.0 Å². The van der Waals surface area contributed by atoms with Gasteiger partial charge in [-0.1, -0.05) is 24.3 Å². The van der Waals surface area contributed by atoms with Gasteiger partial charge in [0.1, 0.15) is 17.4 Å². The van der Waals surface area contributed by atoms with Crippen LogP contribution in [0, 0.1) is 6.92 Å². The molecule has 2 amide bonds. The summed E-state index contributed by atoms with van der Waals surface area (Å²) in [6, 6.07) is 6.21. The molecule has 1 aromatic carbocycles. The van der Waals surface area contributed by atoms with Crippen molar-refractivity contribution in [3.63, 3.8) is 0 Å². The molecule has 0 aliphatic carbocycles. The van der Waals surface area contributed by atoms with Crippen LogP contribution in [0.4, 0.5) is 0 Å². The van der Waals surface area contributed by atoms with E-state index in [1.807, 2.05) is 31.2 Å². The van der Waals surface area contributed by atoms with Crippen LogP contribution in [0.15, 0.2) is 34.8 Å². The number of hydrogen-bond donors (Lipinski definition) is 2. The standard InChI is InChI=1S/C24H29N5O5S2/c1-14-20(35-13-25-14)15-6-8-16(9-7-15)24(2)23(32)26-21(27-24)19-11-17(30)12-28(19)22(31)18-5-4-10-29(18)36(3,33)34/h6-9,13,17-19,30H,4-5,10-12H2,1-3H3,(H,26,27,32)/t17-,18+,19+,24+/m1/s1. The molecule has 12 heteroatoms. The van der Waals surface area contributed by atoms with Gasteiger partial charge in [-0.25, -0.2) is 13.4 Å². The fraction of sp³-hybridized carbons (Fsp3) is 0.500. The number of β-amino-alcohol motifs (C(OH)–C–C–N with tert-alkyl or cyclic N) is 1. The van der Waals surface area contributed by atoms with Crippen LogP contribution in [-0.4, -0.2) is 82.9 Å². The van der Waals surface area contributed by atoms with Gasteiger partial charge in [-0.15, -0.1) is 11.3 Å². The molecular weight excluding hydrogens is 502 g/mol. The number of amides is 2. The Bertz CT molecular complexity index is 1340. The highest BCUT2D eigenvalue weighted by molar-refractivity contribution is 7.88. The quantitative estimate of drug-likeness (QED) is 0.593. The van der Waals surface area contributed by atoms with E-state index in [9.17, 15) is 23.1 Å². The van der Waals surface area contributed by atoms with E-state index in [1.54, 1.807) is 23.8 Å². The van der Waals surface area contributed by atoms with Gasteiger partial charge >= 0.3 is 0 Å². The maximum atomic E-state index is 13.4. The zero-order valence-electron chi connectivity index (χ0n) is 20.3. The molecule has 3 aliphatic heterocycles. The molecule has 4 atom stereocenters. The van der Waals surface area contributed by atoms with E-state index >= 15 is 0 Å². The smallest absolute Gasteiger partial charge is 0.277 e. The van der Waals surface area contributed by atoms with E-state index in [0.717, 1.165) is 28.0 Å². The molecule has 2 fully saturated rings. The maximum Gasteiger partial charge on any atom is 0.277 e. The predicted molar refractivity (Wildman–Crippen MR) is 136 cm³/mol. The number of likely N-dealkylation sites (tertiary alicyclic amines) is 1. The number of aliphatic imine (C=N–C) groups is 1. The second-order valence-corrected chi connectivity index (χ2v) is 12.6. The average molecular weight is 532 g/mol. The van der Waals surface area contributed by atoms with Gasteiger partial charge in [0, 0.05) is 19.5 Å². The lowest BCUT2D eigenvalue weighted by Gasteiger charge is -2.31. The number of aryl methyl sites for hydroxylation is 1. The lowest BCUT2D eigenvalue weighted by molar-refractivity contribution is -0.134. The SMILES string of the molecule is Cc1ncsc1-c1ccc([C@]2(C)NC([C@@H]3C[C@@H](O)CN3C(=O)[C@@H]3CCCN3S(C)(=O)=O)=NC2=O)cc1. The maximum absolute atomic E-state index is 13.4. The van der Waals surface area contributed by atoms with Crippen molar-refractivity contribution in [3.8, 4) is 10.4 Å². The number of sulfonamides is 1. The van der Waals surface area contributed by atoms with E-state index in [4.69, 9.17) is 0 Å². The topological polar surface area (TPSA) is 132 Å². The highest BCUT2D eigenvalue weighted by Crippen LogP contribution is 2.34. The predicted octanol–water partition coefficient (Wildman–Crippen LogP) is 1.25. The minimum absolute atomic E-state index is 0.0616. The monoisotopic (exact) mass is 531 g/mol. The normalized spacial score (nSPS) is 29.0. The van der Waals surface area contributed by atoms with Gasteiger partial charge in [-0.3, -0.25) is 9.59 Å². The summed E-state index contributed by atoms with van der Waals surface area (Å²) in [4.78, 5) is 37.7. The molecule has 0 spiro atoms. The lowest BCUT2D eigenvalue weighted by atomic mass is 9.91. The Morgan fingerprint density at radius 1 is 1.28 bits per heavy atom. The number of hydrogen-bond acceptors (Lipinski definition) is 8. The van der Waals surface area contributed by atoms with Gasteiger partial charge in [-0.05, 0) is 37.8 Å². The van der Waals surface area contributed by atoms with Crippen molar-refractivity contribution < 1.29 is 23.1 Å². The summed E-state index contributed by atoms with van der Waals surface area (Å²) in [5, 5.41) is 13.6. The van der Waals surface area contributed by atoms with Crippen molar-refractivity contribution >= 4 is 39.0 Å². The zero-order chi connectivity index (χ0) is 25.8. The third kappa shape index (κ3) is 4.25. The van der Waals surface area contributed by atoms with E-state index in [-0.39, 0.29) is 24.8 Å². The largest absolute Gasteiger partial charge is 0.391 e. The van der Waals surface area contributed by atoms with Crippen LogP contribution >= 0.6 is 11.3 Å². The van der Waals surface area contributed by atoms with Gasteiger partial charge in [0.2, 0.25) is 15.9 Å². The molecule has 0 saturated carbocycles. The Kier molecular flexibility index (Phi) is 6.26. The first kappa shape index (κ1) is 25.0. The summed E-state index contributed by atoms with van der Waals surface area (Å²) in [5.41, 5.74) is 3.36. The van der Waals surface area contributed by atoms with E-state index < -0.39 is 33.7 Å². The lowest BCUT2D eigenvalue weighted by Crippen LogP contribution is -2.54. The molecule has 0 radical (unpaired) electrons. The first-order valence-corrected chi connectivity index (χ1v) is 14.6.